The Kier molecular flexibility index (Phi) is 3.92. The average molecular weight is 296 g/mol. The van der Waals surface area contributed by atoms with Crippen LogP contribution in [0.15, 0.2) is 57.3 Å². The van der Waals surface area contributed by atoms with Crippen LogP contribution in [-0.4, -0.2) is 12.6 Å². The minimum Gasteiger partial charge on any atom is -0.463 e. The normalized spacial score (nSPS) is 14.4. The second-order valence-electron chi connectivity index (χ2n) is 5.06. The first-order valence-electron chi connectivity index (χ1n) is 7.30. The molecule has 0 amide bonds. The Bertz CT molecular complexity index is 840. The highest BCUT2D eigenvalue weighted by Crippen LogP contribution is 2.27. The number of esters is 1. The molecule has 0 radical (unpaired) electrons. The number of carbonyl (C=O) groups is 1. The Morgan fingerprint density at radius 3 is 2.95 bits per heavy atom. The van der Waals surface area contributed by atoms with Gasteiger partial charge in [0.25, 0.3) is 0 Å². The van der Waals surface area contributed by atoms with E-state index in [2.05, 4.69) is 0 Å². The first-order valence-corrected chi connectivity index (χ1v) is 7.30. The molecule has 2 aromatic rings. The Morgan fingerprint density at radius 1 is 1.32 bits per heavy atom. The first-order chi connectivity index (χ1) is 10.7. The molecule has 0 N–H and O–H groups in total. The molecule has 0 fully saturated rings. The molecule has 1 heterocycles. The standard InChI is InChI=1S/C18H16O4/c1-2-21-18(20)13-7-5-6-12(10-13)17-11-15(19)14-8-3-4-9-16(14)22-17/h3-4,6,8-11H,2,5,7H2,1H3. The monoisotopic (exact) mass is 296 g/mol. The largest absolute Gasteiger partial charge is 0.463 e. The number of hydrogen-bond acceptors (Lipinski definition) is 4. The Balaban J connectivity index is 2.02. The van der Waals surface area contributed by atoms with Crippen molar-refractivity contribution in [1.29, 1.82) is 0 Å². The minimum absolute atomic E-state index is 0.0885. The van der Waals surface area contributed by atoms with Crippen molar-refractivity contribution in [3.05, 3.63) is 64.0 Å². The molecule has 4 nitrogen and oxygen atoms in total. The van der Waals surface area contributed by atoms with E-state index in [-0.39, 0.29) is 11.4 Å². The molecule has 1 aromatic heterocycles. The summed E-state index contributed by atoms with van der Waals surface area (Å²) in [7, 11) is 0. The van der Waals surface area contributed by atoms with Gasteiger partial charge in [0.05, 0.1) is 12.0 Å². The zero-order chi connectivity index (χ0) is 15.5. The van der Waals surface area contributed by atoms with Gasteiger partial charge in [-0.3, -0.25) is 4.79 Å². The van der Waals surface area contributed by atoms with Gasteiger partial charge in [0.1, 0.15) is 11.3 Å². The van der Waals surface area contributed by atoms with E-state index in [9.17, 15) is 9.59 Å². The zero-order valence-corrected chi connectivity index (χ0v) is 12.3. The van der Waals surface area contributed by atoms with Gasteiger partial charge in [0, 0.05) is 17.2 Å². The van der Waals surface area contributed by atoms with Crippen LogP contribution in [0.1, 0.15) is 25.5 Å². The summed E-state index contributed by atoms with van der Waals surface area (Å²) in [6.45, 7) is 2.13. The lowest BCUT2D eigenvalue weighted by Gasteiger charge is -2.12. The van der Waals surface area contributed by atoms with Crippen LogP contribution in [0.4, 0.5) is 0 Å². The number of benzene rings is 1. The third-order valence-corrected chi connectivity index (χ3v) is 3.56. The predicted molar refractivity (Wildman–Crippen MR) is 84.4 cm³/mol. The van der Waals surface area contributed by atoms with E-state index in [0.29, 0.717) is 35.3 Å². The molecule has 0 spiro atoms. The molecule has 0 bridgehead atoms. The van der Waals surface area contributed by atoms with Gasteiger partial charge in [0.2, 0.25) is 0 Å². The van der Waals surface area contributed by atoms with Crippen molar-refractivity contribution in [2.75, 3.05) is 6.61 Å². The lowest BCUT2D eigenvalue weighted by atomic mass is 9.97. The summed E-state index contributed by atoms with van der Waals surface area (Å²) in [5.41, 5.74) is 1.81. The SMILES string of the molecule is CCOC(=O)C1=CC(c2cc(=O)c3ccccc3o2)=CCC1. The van der Waals surface area contributed by atoms with E-state index < -0.39 is 0 Å². The van der Waals surface area contributed by atoms with Gasteiger partial charge in [0.15, 0.2) is 5.43 Å². The molecule has 0 saturated heterocycles. The van der Waals surface area contributed by atoms with Crippen molar-refractivity contribution in [3.8, 4) is 0 Å². The molecule has 4 heteroatoms. The third-order valence-electron chi connectivity index (χ3n) is 3.56. The van der Waals surface area contributed by atoms with Crippen LogP contribution in [0.3, 0.4) is 0 Å². The highest BCUT2D eigenvalue weighted by Gasteiger charge is 2.17. The van der Waals surface area contributed by atoms with Gasteiger partial charge in [-0.05, 0) is 38.0 Å². The summed E-state index contributed by atoms with van der Waals surface area (Å²) in [5.74, 6) is 0.168. The molecule has 0 atom stereocenters. The fraction of sp³-hybridized carbons (Fsp3) is 0.222. The van der Waals surface area contributed by atoms with Crippen LogP contribution in [0.2, 0.25) is 0 Å². The highest BCUT2D eigenvalue weighted by atomic mass is 16.5. The fourth-order valence-corrected chi connectivity index (χ4v) is 2.50. The van der Waals surface area contributed by atoms with Crippen molar-refractivity contribution in [2.45, 2.75) is 19.8 Å². The lowest BCUT2D eigenvalue weighted by Crippen LogP contribution is -2.10. The minimum atomic E-state index is -0.309. The number of allylic oxidation sites excluding steroid dienone is 3. The maximum Gasteiger partial charge on any atom is 0.334 e. The Hall–Kier alpha value is -2.62. The summed E-state index contributed by atoms with van der Waals surface area (Å²) in [6, 6.07) is 8.60. The summed E-state index contributed by atoms with van der Waals surface area (Å²) in [5, 5.41) is 0.553. The molecular weight excluding hydrogens is 280 g/mol. The maximum absolute atomic E-state index is 12.2. The number of rotatable bonds is 3. The fourth-order valence-electron chi connectivity index (χ4n) is 2.50. The lowest BCUT2D eigenvalue weighted by molar-refractivity contribution is -0.138. The number of ether oxygens (including phenoxy) is 1. The first kappa shape index (κ1) is 14.3. The molecule has 112 valence electrons. The second-order valence-corrected chi connectivity index (χ2v) is 5.06. The van der Waals surface area contributed by atoms with E-state index in [1.54, 1.807) is 31.2 Å². The van der Waals surface area contributed by atoms with E-state index in [1.165, 1.54) is 6.07 Å². The van der Waals surface area contributed by atoms with Crippen molar-refractivity contribution in [2.24, 2.45) is 0 Å². The van der Waals surface area contributed by atoms with Crippen LogP contribution in [-0.2, 0) is 9.53 Å². The number of carbonyl (C=O) groups excluding carboxylic acids is 1. The van der Waals surface area contributed by atoms with Gasteiger partial charge in [-0.15, -0.1) is 0 Å². The van der Waals surface area contributed by atoms with Gasteiger partial charge in [-0.25, -0.2) is 4.79 Å². The van der Waals surface area contributed by atoms with Crippen LogP contribution in [0, 0.1) is 0 Å². The third kappa shape index (κ3) is 2.72. The molecule has 0 saturated carbocycles. The summed E-state index contributed by atoms with van der Waals surface area (Å²) in [4.78, 5) is 24.0. The summed E-state index contributed by atoms with van der Waals surface area (Å²) < 4.78 is 10.8. The zero-order valence-electron chi connectivity index (χ0n) is 12.3. The van der Waals surface area contributed by atoms with Crippen LogP contribution >= 0.6 is 0 Å². The summed E-state index contributed by atoms with van der Waals surface area (Å²) in [6.07, 6.45) is 5.07. The molecule has 22 heavy (non-hydrogen) atoms. The van der Waals surface area contributed by atoms with Crippen LogP contribution < -0.4 is 5.43 Å². The number of fused-ring (bicyclic) bond motifs is 1. The molecule has 0 unspecified atom stereocenters. The van der Waals surface area contributed by atoms with Crippen LogP contribution in [0.25, 0.3) is 16.5 Å². The molecule has 0 aliphatic heterocycles. The van der Waals surface area contributed by atoms with Crippen molar-refractivity contribution >= 4 is 22.5 Å². The van der Waals surface area contributed by atoms with Crippen molar-refractivity contribution in [3.63, 3.8) is 0 Å². The second kappa shape index (κ2) is 6.02. The van der Waals surface area contributed by atoms with Gasteiger partial charge in [-0.1, -0.05) is 18.2 Å². The maximum atomic E-state index is 12.2. The van der Waals surface area contributed by atoms with Gasteiger partial charge >= 0.3 is 5.97 Å². The Morgan fingerprint density at radius 2 is 2.14 bits per heavy atom. The van der Waals surface area contributed by atoms with Crippen LogP contribution in [0.5, 0.6) is 0 Å². The van der Waals surface area contributed by atoms with Crippen molar-refractivity contribution < 1.29 is 13.9 Å². The molecule has 3 rings (SSSR count). The smallest absolute Gasteiger partial charge is 0.334 e. The van der Waals surface area contributed by atoms with E-state index in [4.69, 9.17) is 9.15 Å². The number of para-hydroxylation sites is 1. The van der Waals surface area contributed by atoms with Gasteiger partial charge in [-0.2, -0.15) is 0 Å². The Labute approximate surface area is 127 Å². The highest BCUT2D eigenvalue weighted by molar-refractivity contribution is 5.93. The van der Waals surface area contributed by atoms with E-state index in [0.717, 1.165) is 12.0 Å². The molecule has 1 aliphatic rings. The molecule has 1 aliphatic carbocycles. The van der Waals surface area contributed by atoms with E-state index in [1.807, 2.05) is 12.1 Å². The number of hydrogen-bond donors (Lipinski definition) is 0. The molecular formula is C18H16O4. The van der Waals surface area contributed by atoms with Crippen molar-refractivity contribution in [1.82, 2.24) is 0 Å². The topological polar surface area (TPSA) is 56.5 Å². The van der Waals surface area contributed by atoms with Gasteiger partial charge < -0.3 is 9.15 Å². The predicted octanol–water partition coefficient (Wildman–Crippen LogP) is 3.46. The molecule has 1 aromatic carbocycles. The quantitative estimate of drug-likeness (QED) is 0.814. The average Bonchev–Trinajstić information content (AvgIpc) is 2.55. The summed E-state index contributed by atoms with van der Waals surface area (Å²) >= 11 is 0. The van der Waals surface area contributed by atoms with E-state index >= 15 is 0 Å².